The van der Waals surface area contributed by atoms with Gasteiger partial charge in [-0.05, 0) is 19.4 Å². The van der Waals surface area contributed by atoms with Gasteiger partial charge in [0.05, 0.1) is 17.8 Å². The van der Waals surface area contributed by atoms with Crippen LogP contribution < -0.4 is 4.72 Å². The molecule has 0 saturated heterocycles. The van der Waals surface area contributed by atoms with Gasteiger partial charge in [0.15, 0.2) is 0 Å². The van der Waals surface area contributed by atoms with Gasteiger partial charge in [0.1, 0.15) is 0 Å². The summed E-state index contributed by atoms with van der Waals surface area (Å²) < 4.78 is 7.54. The second-order valence-electron chi connectivity index (χ2n) is 3.25. The van der Waals surface area contributed by atoms with Gasteiger partial charge in [-0.1, -0.05) is 30.3 Å². The molecule has 1 aromatic rings. The van der Waals surface area contributed by atoms with Crippen LogP contribution in [0.3, 0.4) is 0 Å². The van der Waals surface area contributed by atoms with E-state index in [1.54, 1.807) is 0 Å². The van der Waals surface area contributed by atoms with E-state index in [2.05, 4.69) is 35.1 Å². The summed E-state index contributed by atoms with van der Waals surface area (Å²) >= 11 is 1.39. The van der Waals surface area contributed by atoms with Gasteiger partial charge in [-0.15, -0.1) is 0 Å². The maximum Gasteiger partial charge on any atom is 0.0904 e. The van der Waals surface area contributed by atoms with Crippen LogP contribution >= 0.6 is 12.1 Å². The second-order valence-corrected chi connectivity index (χ2v) is 3.82. The minimum atomic E-state index is 1.08. The summed E-state index contributed by atoms with van der Waals surface area (Å²) in [6.45, 7) is 4.16. The van der Waals surface area contributed by atoms with Crippen LogP contribution in [0.4, 0.5) is 0 Å². The average molecular weight is 204 g/mol. The molecule has 1 heterocycles. The van der Waals surface area contributed by atoms with E-state index < -0.39 is 0 Å². The molecule has 1 aliphatic heterocycles. The maximum absolute atomic E-state index is 4.40. The molecule has 0 spiro atoms. The summed E-state index contributed by atoms with van der Waals surface area (Å²) in [4.78, 5) is 0. The van der Waals surface area contributed by atoms with E-state index in [1.807, 2.05) is 18.2 Å². The van der Waals surface area contributed by atoms with Gasteiger partial charge in [0, 0.05) is 11.3 Å². The standard InChI is InChI=1S/C11H12N2S/c1-8-9(2)12-14-13-11(8)10-6-4-3-5-7-10/h3-7,12H,1-2H3. The lowest BCUT2D eigenvalue weighted by atomic mass is 10.0. The van der Waals surface area contributed by atoms with Crippen LogP contribution in [0.2, 0.25) is 0 Å². The van der Waals surface area contributed by atoms with Crippen LogP contribution in [0, 0.1) is 0 Å². The third kappa shape index (κ3) is 1.68. The van der Waals surface area contributed by atoms with Crippen molar-refractivity contribution in [3.8, 4) is 0 Å². The van der Waals surface area contributed by atoms with Crippen molar-refractivity contribution in [1.29, 1.82) is 0 Å². The fourth-order valence-corrected chi connectivity index (χ4v) is 1.99. The smallest absolute Gasteiger partial charge is 0.0904 e. The molecule has 1 aromatic carbocycles. The Bertz CT molecular complexity index is 393. The Morgan fingerprint density at radius 1 is 1.14 bits per heavy atom. The van der Waals surface area contributed by atoms with Crippen molar-refractivity contribution >= 4 is 17.8 Å². The normalized spacial score (nSPS) is 16.3. The lowest BCUT2D eigenvalue weighted by Crippen LogP contribution is -2.14. The summed E-state index contributed by atoms with van der Waals surface area (Å²) in [6, 6.07) is 10.3. The monoisotopic (exact) mass is 204 g/mol. The van der Waals surface area contributed by atoms with Crippen molar-refractivity contribution in [1.82, 2.24) is 4.72 Å². The highest BCUT2D eigenvalue weighted by atomic mass is 32.2. The minimum absolute atomic E-state index is 1.08. The van der Waals surface area contributed by atoms with Gasteiger partial charge >= 0.3 is 0 Å². The molecule has 0 atom stereocenters. The third-order valence-electron chi connectivity index (χ3n) is 2.30. The highest BCUT2D eigenvalue weighted by Crippen LogP contribution is 2.20. The molecule has 0 amide bonds. The molecule has 1 N–H and O–H groups in total. The molecule has 2 rings (SSSR count). The zero-order valence-corrected chi connectivity index (χ0v) is 9.06. The fourth-order valence-electron chi connectivity index (χ4n) is 1.32. The van der Waals surface area contributed by atoms with Crippen molar-refractivity contribution in [2.45, 2.75) is 13.8 Å². The minimum Gasteiger partial charge on any atom is -0.314 e. The summed E-state index contributed by atoms with van der Waals surface area (Å²) in [5, 5.41) is 0. The van der Waals surface area contributed by atoms with E-state index in [4.69, 9.17) is 0 Å². The first kappa shape index (κ1) is 9.34. The van der Waals surface area contributed by atoms with Crippen LogP contribution in [-0.4, -0.2) is 5.71 Å². The first-order valence-corrected chi connectivity index (χ1v) is 5.29. The van der Waals surface area contributed by atoms with Crippen LogP contribution in [0.15, 0.2) is 46.0 Å². The molecule has 14 heavy (non-hydrogen) atoms. The van der Waals surface area contributed by atoms with Gasteiger partial charge in [-0.2, -0.15) is 4.40 Å². The highest BCUT2D eigenvalue weighted by Gasteiger charge is 2.12. The molecule has 0 aliphatic carbocycles. The van der Waals surface area contributed by atoms with Gasteiger partial charge in [0.2, 0.25) is 0 Å². The summed E-state index contributed by atoms with van der Waals surface area (Å²) in [7, 11) is 0. The second kappa shape index (κ2) is 3.88. The maximum atomic E-state index is 4.40. The Kier molecular flexibility index (Phi) is 2.59. The Labute approximate surface area is 88.4 Å². The number of nitrogens with zero attached hydrogens (tertiary/aromatic N) is 1. The summed E-state index contributed by atoms with van der Waals surface area (Å²) in [6.07, 6.45) is 0. The highest BCUT2D eigenvalue weighted by molar-refractivity contribution is 7.96. The molecule has 72 valence electrons. The van der Waals surface area contributed by atoms with E-state index in [0.29, 0.717) is 0 Å². The lowest BCUT2D eigenvalue weighted by Gasteiger charge is -2.16. The Morgan fingerprint density at radius 2 is 1.86 bits per heavy atom. The van der Waals surface area contributed by atoms with Crippen LogP contribution in [-0.2, 0) is 0 Å². The predicted octanol–water partition coefficient (Wildman–Crippen LogP) is 2.94. The Hall–Kier alpha value is -1.22. The zero-order chi connectivity index (χ0) is 9.97. The number of nitrogens with one attached hydrogen (secondary N) is 1. The van der Waals surface area contributed by atoms with E-state index in [-0.39, 0.29) is 0 Å². The molecule has 0 saturated carbocycles. The Balaban J connectivity index is 2.41. The molecular weight excluding hydrogens is 192 g/mol. The molecule has 0 radical (unpaired) electrons. The van der Waals surface area contributed by atoms with Crippen LogP contribution in [0.5, 0.6) is 0 Å². The molecular formula is C11H12N2S. The SMILES string of the molecule is CC1=C(C)C(c2ccccc2)=NSN1. The number of hydrogen-bond donors (Lipinski definition) is 1. The van der Waals surface area contributed by atoms with Crippen LogP contribution in [0.1, 0.15) is 19.4 Å². The molecule has 0 fully saturated rings. The summed E-state index contributed by atoms with van der Waals surface area (Å²) in [5.74, 6) is 0. The molecule has 3 heteroatoms. The summed E-state index contributed by atoms with van der Waals surface area (Å²) in [5.41, 5.74) is 4.66. The lowest BCUT2D eigenvalue weighted by molar-refractivity contribution is 1.15. The zero-order valence-electron chi connectivity index (χ0n) is 8.24. The van der Waals surface area contributed by atoms with E-state index in [1.165, 1.54) is 29.0 Å². The van der Waals surface area contributed by atoms with Gasteiger partial charge in [-0.3, -0.25) is 0 Å². The molecule has 2 nitrogen and oxygen atoms in total. The molecule has 1 aliphatic rings. The van der Waals surface area contributed by atoms with E-state index in [0.717, 1.165) is 5.71 Å². The Morgan fingerprint density at radius 3 is 2.57 bits per heavy atom. The van der Waals surface area contributed by atoms with Crippen molar-refractivity contribution in [3.63, 3.8) is 0 Å². The predicted molar refractivity (Wildman–Crippen MR) is 62.1 cm³/mol. The third-order valence-corrected chi connectivity index (χ3v) is 2.97. The number of allylic oxidation sites excluding steroid dienone is 2. The first-order valence-electron chi connectivity index (χ1n) is 4.52. The van der Waals surface area contributed by atoms with Crippen molar-refractivity contribution < 1.29 is 0 Å². The van der Waals surface area contributed by atoms with Crippen molar-refractivity contribution in [2.75, 3.05) is 0 Å². The molecule has 0 bridgehead atoms. The number of hydrogen-bond acceptors (Lipinski definition) is 3. The van der Waals surface area contributed by atoms with Crippen LogP contribution in [0.25, 0.3) is 0 Å². The fraction of sp³-hybridized carbons (Fsp3) is 0.182. The van der Waals surface area contributed by atoms with E-state index in [9.17, 15) is 0 Å². The molecule has 0 unspecified atom stereocenters. The molecule has 0 aromatic heterocycles. The number of rotatable bonds is 1. The van der Waals surface area contributed by atoms with Crippen molar-refractivity contribution in [2.24, 2.45) is 4.40 Å². The van der Waals surface area contributed by atoms with Gasteiger partial charge in [0.25, 0.3) is 0 Å². The van der Waals surface area contributed by atoms with Gasteiger partial charge in [-0.25, -0.2) is 0 Å². The largest absolute Gasteiger partial charge is 0.314 e. The first-order chi connectivity index (χ1) is 6.79. The number of benzene rings is 1. The topological polar surface area (TPSA) is 24.4 Å². The average Bonchev–Trinajstić information content (AvgIpc) is 2.23. The van der Waals surface area contributed by atoms with E-state index >= 15 is 0 Å². The quantitative estimate of drug-likeness (QED) is 0.711. The van der Waals surface area contributed by atoms with Gasteiger partial charge < -0.3 is 4.72 Å². The van der Waals surface area contributed by atoms with Crippen molar-refractivity contribution in [3.05, 3.63) is 47.2 Å².